The van der Waals surface area contributed by atoms with E-state index in [0.717, 1.165) is 11.3 Å². The molecule has 0 radical (unpaired) electrons. The van der Waals surface area contributed by atoms with E-state index in [1.807, 2.05) is 35.9 Å². The SMILES string of the molecule is COc1cc(NC(=O)c2ccc(OCc3cn4cc(C)ccc4n3)cc2)cc(OC)c1. The number of ether oxygens (including phenoxy) is 3. The fourth-order valence-electron chi connectivity index (χ4n) is 3.17. The number of carbonyl (C=O) groups excluding carboxylic acids is 1. The van der Waals surface area contributed by atoms with E-state index in [0.29, 0.717) is 35.1 Å². The molecule has 0 spiro atoms. The van der Waals surface area contributed by atoms with Gasteiger partial charge in [0.1, 0.15) is 29.5 Å². The quantitative estimate of drug-likeness (QED) is 0.480. The van der Waals surface area contributed by atoms with Crippen LogP contribution in [0, 0.1) is 6.92 Å². The lowest BCUT2D eigenvalue weighted by molar-refractivity contribution is 0.102. The van der Waals surface area contributed by atoms with Crippen molar-refractivity contribution in [3.05, 3.63) is 83.8 Å². The standard InChI is InChI=1S/C24H23N3O4/c1-16-4-9-23-25-19(14-27(23)13-16)15-31-20-7-5-17(6-8-20)24(28)26-18-10-21(29-2)12-22(11-18)30-3/h4-14H,15H2,1-3H3,(H,26,28). The maximum absolute atomic E-state index is 12.6. The molecular formula is C24H23N3O4. The highest BCUT2D eigenvalue weighted by Crippen LogP contribution is 2.26. The number of hydrogen-bond acceptors (Lipinski definition) is 5. The van der Waals surface area contributed by atoms with E-state index < -0.39 is 0 Å². The van der Waals surface area contributed by atoms with E-state index in [2.05, 4.69) is 10.3 Å². The summed E-state index contributed by atoms with van der Waals surface area (Å²) < 4.78 is 18.3. The fourth-order valence-corrected chi connectivity index (χ4v) is 3.17. The van der Waals surface area contributed by atoms with Gasteiger partial charge in [0, 0.05) is 41.8 Å². The second-order valence-electron chi connectivity index (χ2n) is 7.07. The Labute approximate surface area is 180 Å². The third-order valence-corrected chi connectivity index (χ3v) is 4.76. The lowest BCUT2D eigenvalue weighted by atomic mass is 10.2. The number of rotatable bonds is 7. The van der Waals surface area contributed by atoms with Crippen LogP contribution in [-0.2, 0) is 6.61 Å². The molecule has 0 aliphatic carbocycles. The van der Waals surface area contributed by atoms with E-state index in [9.17, 15) is 4.79 Å². The van der Waals surface area contributed by atoms with Gasteiger partial charge in [0.15, 0.2) is 0 Å². The largest absolute Gasteiger partial charge is 0.497 e. The fraction of sp³-hybridized carbons (Fsp3) is 0.167. The number of nitrogens with zero attached hydrogens (tertiary/aromatic N) is 2. The molecule has 0 aliphatic heterocycles. The van der Waals surface area contributed by atoms with Crippen LogP contribution in [0.3, 0.4) is 0 Å². The third-order valence-electron chi connectivity index (χ3n) is 4.76. The Balaban J connectivity index is 1.39. The van der Waals surface area contributed by atoms with Crippen LogP contribution >= 0.6 is 0 Å². The van der Waals surface area contributed by atoms with Crippen molar-refractivity contribution in [2.24, 2.45) is 0 Å². The molecule has 4 aromatic rings. The summed E-state index contributed by atoms with van der Waals surface area (Å²) in [4.78, 5) is 17.1. The van der Waals surface area contributed by atoms with Crippen LogP contribution in [0.4, 0.5) is 5.69 Å². The van der Waals surface area contributed by atoms with Gasteiger partial charge in [-0.3, -0.25) is 4.79 Å². The van der Waals surface area contributed by atoms with E-state index >= 15 is 0 Å². The minimum atomic E-state index is -0.238. The van der Waals surface area contributed by atoms with Gasteiger partial charge >= 0.3 is 0 Å². The maximum atomic E-state index is 12.6. The molecular weight excluding hydrogens is 394 g/mol. The van der Waals surface area contributed by atoms with E-state index in [1.54, 1.807) is 56.7 Å². The van der Waals surface area contributed by atoms with Crippen molar-refractivity contribution in [1.82, 2.24) is 9.38 Å². The lowest BCUT2D eigenvalue weighted by Crippen LogP contribution is -2.12. The second-order valence-corrected chi connectivity index (χ2v) is 7.07. The van der Waals surface area contributed by atoms with E-state index in [-0.39, 0.29) is 5.91 Å². The van der Waals surface area contributed by atoms with Gasteiger partial charge in [-0.25, -0.2) is 4.98 Å². The van der Waals surface area contributed by atoms with Gasteiger partial charge in [-0.05, 0) is 42.8 Å². The van der Waals surface area contributed by atoms with Crippen molar-refractivity contribution in [1.29, 1.82) is 0 Å². The molecule has 2 aromatic heterocycles. The number of methoxy groups -OCH3 is 2. The molecule has 0 fully saturated rings. The second kappa shape index (κ2) is 8.79. The highest BCUT2D eigenvalue weighted by molar-refractivity contribution is 6.04. The highest BCUT2D eigenvalue weighted by atomic mass is 16.5. The first kappa shape index (κ1) is 20.3. The lowest BCUT2D eigenvalue weighted by Gasteiger charge is -2.10. The van der Waals surface area contributed by atoms with Crippen molar-refractivity contribution in [2.45, 2.75) is 13.5 Å². The Hall–Kier alpha value is -4.00. The molecule has 0 aliphatic rings. The summed E-state index contributed by atoms with van der Waals surface area (Å²) in [6, 6.07) is 16.2. The number of fused-ring (bicyclic) bond motifs is 1. The van der Waals surface area contributed by atoms with Crippen LogP contribution in [0.5, 0.6) is 17.2 Å². The maximum Gasteiger partial charge on any atom is 0.255 e. The Morgan fingerprint density at radius 2 is 1.65 bits per heavy atom. The Morgan fingerprint density at radius 1 is 0.935 bits per heavy atom. The number of aryl methyl sites for hydroxylation is 1. The molecule has 2 heterocycles. The number of anilines is 1. The number of benzene rings is 2. The average Bonchev–Trinajstić information content (AvgIpc) is 3.19. The zero-order valence-electron chi connectivity index (χ0n) is 17.6. The van der Waals surface area contributed by atoms with Gasteiger partial charge < -0.3 is 23.9 Å². The van der Waals surface area contributed by atoms with Gasteiger partial charge in [-0.15, -0.1) is 0 Å². The molecule has 158 valence electrons. The summed E-state index contributed by atoms with van der Waals surface area (Å²) in [6.45, 7) is 2.38. The zero-order chi connectivity index (χ0) is 21.8. The summed E-state index contributed by atoms with van der Waals surface area (Å²) >= 11 is 0. The van der Waals surface area contributed by atoms with Crippen molar-refractivity contribution in [3.8, 4) is 17.2 Å². The number of aromatic nitrogens is 2. The first-order valence-electron chi connectivity index (χ1n) is 9.75. The summed E-state index contributed by atoms with van der Waals surface area (Å²) in [6.07, 6.45) is 3.98. The van der Waals surface area contributed by atoms with Crippen LogP contribution in [0.15, 0.2) is 67.0 Å². The smallest absolute Gasteiger partial charge is 0.255 e. The third kappa shape index (κ3) is 4.78. The monoisotopic (exact) mass is 417 g/mol. The number of nitrogens with one attached hydrogen (secondary N) is 1. The predicted molar refractivity (Wildman–Crippen MR) is 118 cm³/mol. The molecule has 0 saturated carbocycles. The number of imidazole rings is 1. The Kier molecular flexibility index (Phi) is 5.75. The number of pyridine rings is 1. The first-order valence-corrected chi connectivity index (χ1v) is 9.75. The molecule has 31 heavy (non-hydrogen) atoms. The molecule has 1 amide bonds. The van der Waals surface area contributed by atoms with Crippen molar-refractivity contribution in [3.63, 3.8) is 0 Å². The van der Waals surface area contributed by atoms with Crippen molar-refractivity contribution in [2.75, 3.05) is 19.5 Å². The number of hydrogen-bond donors (Lipinski definition) is 1. The molecule has 0 atom stereocenters. The molecule has 4 rings (SSSR count). The van der Waals surface area contributed by atoms with Gasteiger partial charge in [0.05, 0.1) is 19.9 Å². The van der Waals surface area contributed by atoms with Crippen LogP contribution in [0.25, 0.3) is 5.65 Å². The van der Waals surface area contributed by atoms with Crippen LogP contribution in [0.1, 0.15) is 21.6 Å². The number of carbonyl (C=O) groups is 1. The summed E-state index contributed by atoms with van der Waals surface area (Å²) in [5.74, 6) is 1.62. The molecule has 7 heteroatoms. The van der Waals surface area contributed by atoms with Crippen LogP contribution in [0.2, 0.25) is 0 Å². The van der Waals surface area contributed by atoms with Crippen molar-refractivity contribution >= 4 is 17.2 Å². The van der Waals surface area contributed by atoms with E-state index in [1.165, 1.54) is 5.56 Å². The molecule has 2 aromatic carbocycles. The summed E-state index contributed by atoms with van der Waals surface area (Å²) in [5.41, 5.74) is 3.98. The van der Waals surface area contributed by atoms with E-state index in [4.69, 9.17) is 14.2 Å². The normalized spacial score (nSPS) is 10.7. The Morgan fingerprint density at radius 3 is 2.32 bits per heavy atom. The van der Waals surface area contributed by atoms with Crippen LogP contribution < -0.4 is 19.5 Å². The van der Waals surface area contributed by atoms with Gasteiger partial charge in [-0.1, -0.05) is 6.07 Å². The molecule has 0 unspecified atom stereocenters. The highest BCUT2D eigenvalue weighted by Gasteiger charge is 2.09. The molecule has 1 N–H and O–H groups in total. The molecule has 0 bridgehead atoms. The molecule has 7 nitrogen and oxygen atoms in total. The van der Waals surface area contributed by atoms with Gasteiger partial charge in [0.2, 0.25) is 0 Å². The summed E-state index contributed by atoms with van der Waals surface area (Å²) in [7, 11) is 3.12. The van der Waals surface area contributed by atoms with Gasteiger partial charge in [0.25, 0.3) is 5.91 Å². The minimum Gasteiger partial charge on any atom is -0.497 e. The zero-order valence-corrected chi connectivity index (χ0v) is 17.6. The first-order chi connectivity index (χ1) is 15.0. The van der Waals surface area contributed by atoms with Crippen molar-refractivity contribution < 1.29 is 19.0 Å². The predicted octanol–water partition coefficient (Wildman–Crippen LogP) is 4.49. The minimum absolute atomic E-state index is 0.238. The number of amides is 1. The topological polar surface area (TPSA) is 74.1 Å². The van der Waals surface area contributed by atoms with Gasteiger partial charge in [-0.2, -0.15) is 0 Å². The summed E-state index contributed by atoms with van der Waals surface area (Å²) in [5, 5.41) is 2.85. The Bertz CT molecular complexity index is 1190. The molecule has 0 saturated heterocycles. The van der Waals surface area contributed by atoms with Crippen LogP contribution in [-0.4, -0.2) is 29.5 Å². The average molecular weight is 417 g/mol.